The zero-order chi connectivity index (χ0) is 19.0. The third-order valence-electron chi connectivity index (χ3n) is 3.44. The molecule has 0 amide bonds. The summed E-state index contributed by atoms with van der Waals surface area (Å²) >= 11 is 0. The first kappa shape index (κ1) is 19.9. The topological polar surface area (TPSA) is 83.1 Å². The summed E-state index contributed by atoms with van der Waals surface area (Å²) in [6.07, 6.45) is 0. The summed E-state index contributed by atoms with van der Waals surface area (Å²) in [6, 6.07) is 11.8. The largest absolute Gasteiger partial charge is 0.497 e. The van der Waals surface area contributed by atoms with Gasteiger partial charge in [0.05, 0.1) is 20.8 Å². The van der Waals surface area contributed by atoms with Crippen molar-refractivity contribution >= 4 is 10.0 Å². The maximum Gasteiger partial charge on any atom is 0.244 e. The van der Waals surface area contributed by atoms with Crippen molar-refractivity contribution in [1.82, 2.24) is 4.72 Å². The molecule has 0 aliphatic rings. The Morgan fingerprint density at radius 1 is 0.923 bits per heavy atom. The van der Waals surface area contributed by atoms with E-state index in [1.54, 1.807) is 24.3 Å². The average molecular weight is 381 g/mol. The quantitative estimate of drug-likeness (QED) is 0.637. The maximum absolute atomic E-state index is 12.5. The Morgan fingerprint density at radius 3 is 2.31 bits per heavy atom. The highest BCUT2D eigenvalue weighted by Crippen LogP contribution is 2.28. The molecule has 1 N–H and O–H groups in total. The average Bonchev–Trinajstić information content (AvgIpc) is 2.65. The van der Waals surface area contributed by atoms with E-state index in [9.17, 15) is 8.42 Å². The fraction of sp³-hybridized carbons (Fsp3) is 0.333. The summed E-state index contributed by atoms with van der Waals surface area (Å²) in [6.45, 7) is 2.73. The van der Waals surface area contributed by atoms with Gasteiger partial charge in [-0.15, -0.1) is 0 Å². The monoisotopic (exact) mass is 381 g/mol. The standard InChI is InChI=1S/C18H23NO6S/c1-4-24-15-6-5-7-16(12-15)25-11-10-19-26(20,21)18-13-14(22-2)8-9-17(18)23-3/h5-9,12-13,19H,4,10-11H2,1-3H3. The number of sulfonamides is 1. The lowest BCUT2D eigenvalue weighted by Crippen LogP contribution is -2.28. The first-order valence-corrected chi connectivity index (χ1v) is 9.56. The van der Waals surface area contributed by atoms with Gasteiger partial charge in [-0.3, -0.25) is 0 Å². The smallest absolute Gasteiger partial charge is 0.244 e. The Bertz CT molecular complexity index is 822. The van der Waals surface area contributed by atoms with Crippen molar-refractivity contribution in [2.24, 2.45) is 0 Å². The highest BCUT2D eigenvalue weighted by atomic mass is 32.2. The minimum atomic E-state index is -3.77. The van der Waals surface area contributed by atoms with Crippen LogP contribution in [0.15, 0.2) is 47.4 Å². The first-order chi connectivity index (χ1) is 12.5. The van der Waals surface area contributed by atoms with Crippen molar-refractivity contribution in [2.45, 2.75) is 11.8 Å². The van der Waals surface area contributed by atoms with Crippen molar-refractivity contribution in [3.63, 3.8) is 0 Å². The van der Waals surface area contributed by atoms with E-state index in [2.05, 4.69) is 4.72 Å². The van der Waals surface area contributed by atoms with E-state index in [0.29, 0.717) is 23.9 Å². The van der Waals surface area contributed by atoms with Crippen LogP contribution in [0.1, 0.15) is 6.92 Å². The fourth-order valence-corrected chi connectivity index (χ4v) is 3.43. The molecule has 142 valence electrons. The second kappa shape index (κ2) is 9.30. The van der Waals surface area contributed by atoms with Crippen molar-refractivity contribution in [3.05, 3.63) is 42.5 Å². The third kappa shape index (κ3) is 5.27. The molecule has 2 aromatic rings. The molecule has 0 spiro atoms. The zero-order valence-corrected chi connectivity index (χ0v) is 15.8. The lowest BCUT2D eigenvalue weighted by Gasteiger charge is -2.13. The second-order valence-electron chi connectivity index (χ2n) is 5.17. The van der Waals surface area contributed by atoms with Gasteiger partial charge in [-0.2, -0.15) is 0 Å². The van der Waals surface area contributed by atoms with Crippen molar-refractivity contribution < 1.29 is 27.4 Å². The molecule has 0 saturated heterocycles. The number of hydrogen-bond acceptors (Lipinski definition) is 6. The highest BCUT2D eigenvalue weighted by Gasteiger charge is 2.20. The number of ether oxygens (including phenoxy) is 4. The van der Waals surface area contributed by atoms with Crippen LogP contribution in [0.5, 0.6) is 23.0 Å². The molecule has 26 heavy (non-hydrogen) atoms. The minimum absolute atomic E-state index is 0.0118. The van der Waals surface area contributed by atoms with Crippen LogP contribution in [0.2, 0.25) is 0 Å². The second-order valence-corrected chi connectivity index (χ2v) is 6.91. The van der Waals surface area contributed by atoms with E-state index in [1.165, 1.54) is 20.3 Å². The van der Waals surface area contributed by atoms with Crippen LogP contribution in [0.25, 0.3) is 0 Å². The van der Waals surface area contributed by atoms with Crippen LogP contribution in [0.3, 0.4) is 0 Å². The summed E-state index contributed by atoms with van der Waals surface area (Å²) in [5.41, 5.74) is 0. The van der Waals surface area contributed by atoms with Gasteiger partial charge in [0.2, 0.25) is 10.0 Å². The van der Waals surface area contributed by atoms with Crippen molar-refractivity contribution in [2.75, 3.05) is 34.0 Å². The van der Waals surface area contributed by atoms with Gasteiger partial charge in [-0.25, -0.2) is 13.1 Å². The SMILES string of the molecule is CCOc1cccc(OCCNS(=O)(=O)c2cc(OC)ccc2OC)c1. The molecule has 0 saturated carbocycles. The molecule has 0 aromatic heterocycles. The predicted octanol–water partition coefficient (Wildman–Crippen LogP) is 2.46. The van der Waals surface area contributed by atoms with Gasteiger partial charge in [-0.05, 0) is 31.2 Å². The Balaban J connectivity index is 1.97. The van der Waals surface area contributed by atoms with Crippen LogP contribution < -0.4 is 23.7 Å². The van der Waals surface area contributed by atoms with Crippen molar-refractivity contribution in [1.29, 1.82) is 0 Å². The van der Waals surface area contributed by atoms with E-state index >= 15 is 0 Å². The predicted molar refractivity (Wildman–Crippen MR) is 97.8 cm³/mol. The van der Waals surface area contributed by atoms with Crippen LogP contribution in [-0.2, 0) is 10.0 Å². The van der Waals surface area contributed by atoms with Gasteiger partial charge in [0.25, 0.3) is 0 Å². The Kier molecular flexibility index (Phi) is 7.11. The number of nitrogens with one attached hydrogen (secondary N) is 1. The zero-order valence-electron chi connectivity index (χ0n) is 15.0. The normalized spacial score (nSPS) is 11.0. The Labute approximate surface area is 153 Å². The summed E-state index contributed by atoms with van der Waals surface area (Å²) in [7, 11) is -0.886. The van der Waals surface area contributed by atoms with Gasteiger partial charge in [-0.1, -0.05) is 6.07 Å². The summed E-state index contributed by atoms with van der Waals surface area (Å²) in [4.78, 5) is 0.0118. The molecule has 0 aliphatic heterocycles. The van der Waals surface area contributed by atoms with Gasteiger partial charge >= 0.3 is 0 Å². The molecule has 0 unspecified atom stereocenters. The van der Waals surface area contributed by atoms with Crippen molar-refractivity contribution in [3.8, 4) is 23.0 Å². The number of rotatable bonds is 10. The summed E-state index contributed by atoms with van der Waals surface area (Å²) in [5.74, 6) is 1.97. The van der Waals surface area contributed by atoms with Crippen LogP contribution >= 0.6 is 0 Å². The number of benzene rings is 2. The maximum atomic E-state index is 12.5. The van der Waals surface area contributed by atoms with E-state index < -0.39 is 10.0 Å². The Morgan fingerprint density at radius 2 is 1.65 bits per heavy atom. The molecule has 0 atom stereocenters. The number of methoxy groups -OCH3 is 2. The molecule has 2 aromatic carbocycles. The van der Waals surface area contributed by atoms with E-state index in [1.807, 2.05) is 19.1 Å². The van der Waals surface area contributed by atoms with E-state index in [-0.39, 0.29) is 23.8 Å². The summed E-state index contributed by atoms with van der Waals surface area (Å²) in [5, 5.41) is 0. The molecule has 0 bridgehead atoms. The first-order valence-electron chi connectivity index (χ1n) is 8.07. The van der Waals surface area contributed by atoms with Gasteiger partial charge in [0, 0.05) is 18.7 Å². The fourth-order valence-electron chi connectivity index (χ4n) is 2.24. The van der Waals surface area contributed by atoms with Gasteiger partial charge < -0.3 is 18.9 Å². The molecule has 8 heteroatoms. The lowest BCUT2D eigenvalue weighted by molar-refractivity contribution is 0.313. The highest BCUT2D eigenvalue weighted by molar-refractivity contribution is 7.89. The molecule has 0 heterocycles. The number of hydrogen-bond donors (Lipinski definition) is 1. The van der Waals surface area contributed by atoms with Crippen LogP contribution in [0.4, 0.5) is 0 Å². The van der Waals surface area contributed by atoms with E-state index in [4.69, 9.17) is 18.9 Å². The Hall–Kier alpha value is -2.45. The van der Waals surface area contributed by atoms with Gasteiger partial charge in [0.1, 0.15) is 34.5 Å². The molecule has 0 aliphatic carbocycles. The van der Waals surface area contributed by atoms with Crippen LogP contribution in [-0.4, -0.2) is 42.4 Å². The molecule has 0 radical (unpaired) electrons. The molecular formula is C18H23NO6S. The molecule has 2 rings (SSSR count). The van der Waals surface area contributed by atoms with E-state index in [0.717, 1.165) is 0 Å². The third-order valence-corrected chi connectivity index (χ3v) is 4.92. The van der Waals surface area contributed by atoms with Crippen LogP contribution in [0, 0.1) is 0 Å². The molecular weight excluding hydrogens is 358 g/mol. The summed E-state index contributed by atoms with van der Waals surface area (Å²) < 4.78 is 48.7. The van der Waals surface area contributed by atoms with Gasteiger partial charge in [0.15, 0.2) is 0 Å². The minimum Gasteiger partial charge on any atom is -0.497 e. The lowest BCUT2D eigenvalue weighted by atomic mass is 10.3. The molecule has 0 fully saturated rings. The molecule has 7 nitrogen and oxygen atoms in total.